The molecule has 3 aromatic carbocycles. The first-order chi connectivity index (χ1) is 10.7. The molecule has 0 unspecified atom stereocenters. The quantitative estimate of drug-likeness (QED) is 0.248. The summed E-state index contributed by atoms with van der Waals surface area (Å²) in [5.74, 6) is -1.25. The van der Waals surface area contributed by atoms with E-state index >= 15 is 0 Å². The highest BCUT2D eigenvalue weighted by Gasteiger charge is 2.08. The van der Waals surface area contributed by atoms with Crippen LogP contribution in [0, 0.1) is 0 Å². The van der Waals surface area contributed by atoms with Gasteiger partial charge in [0.05, 0.1) is 0 Å². The monoisotopic (exact) mass is 289 g/mol. The molecule has 0 aliphatic heterocycles. The van der Waals surface area contributed by atoms with E-state index in [1.807, 2.05) is 54.6 Å². The number of carboxylic acid groups (broad SMARTS) is 1. The number of fused-ring (bicyclic) bond motifs is 3. The van der Waals surface area contributed by atoms with Gasteiger partial charge in [-0.2, -0.15) is 0 Å². The SMILES string of the molecule is [N-]=[N+]=NC(=Cc1cc2ccccc2c2ccccc12)C(=O)O. The summed E-state index contributed by atoms with van der Waals surface area (Å²) >= 11 is 0. The smallest absolute Gasteiger partial charge is 0.338 e. The van der Waals surface area contributed by atoms with Gasteiger partial charge in [0.1, 0.15) is 5.70 Å². The van der Waals surface area contributed by atoms with Crippen molar-refractivity contribution in [3.05, 3.63) is 76.3 Å². The Balaban J connectivity index is 2.39. The molecule has 0 fully saturated rings. The summed E-state index contributed by atoms with van der Waals surface area (Å²) in [6, 6.07) is 17.5. The van der Waals surface area contributed by atoms with E-state index in [-0.39, 0.29) is 5.70 Å². The van der Waals surface area contributed by atoms with Gasteiger partial charge in [-0.25, -0.2) is 4.79 Å². The van der Waals surface area contributed by atoms with E-state index in [9.17, 15) is 4.79 Å². The number of hydrogen-bond acceptors (Lipinski definition) is 2. The minimum absolute atomic E-state index is 0.331. The highest BCUT2D eigenvalue weighted by molar-refractivity contribution is 6.11. The number of hydrogen-bond donors (Lipinski definition) is 1. The molecule has 106 valence electrons. The third kappa shape index (κ3) is 2.37. The van der Waals surface area contributed by atoms with E-state index in [1.54, 1.807) is 0 Å². The Kier molecular flexibility index (Phi) is 3.48. The molecule has 22 heavy (non-hydrogen) atoms. The van der Waals surface area contributed by atoms with Crippen LogP contribution >= 0.6 is 0 Å². The standard InChI is InChI=1S/C17H11N3O2/c18-20-19-16(17(21)22)10-12-9-11-5-1-2-6-13(11)15-8-4-3-7-14(12)15/h1-10H,(H,21,22). The normalized spacial score (nSPS) is 11.4. The summed E-state index contributed by atoms with van der Waals surface area (Å²) in [6.45, 7) is 0. The molecule has 0 radical (unpaired) electrons. The lowest BCUT2D eigenvalue weighted by Gasteiger charge is -2.08. The van der Waals surface area contributed by atoms with E-state index in [2.05, 4.69) is 10.0 Å². The third-order valence-electron chi connectivity index (χ3n) is 3.46. The highest BCUT2D eigenvalue weighted by atomic mass is 16.4. The van der Waals surface area contributed by atoms with Crippen LogP contribution in [0.4, 0.5) is 0 Å². The maximum Gasteiger partial charge on any atom is 0.338 e. The van der Waals surface area contributed by atoms with Gasteiger partial charge in [-0.15, -0.1) is 0 Å². The van der Waals surface area contributed by atoms with Crippen molar-refractivity contribution in [3.8, 4) is 0 Å². The van der Waals surface area contributed by atoms with Crippen LogP contribution in [0.25, 0.3) is 38.1 Å². The minimum Gasteiger partial charge on any atom is -0.478 e. The van der Waals surface area contributed by atoms with Crippen molar-refractivity contribution in [2.75, 3.05) is 0 Å². The fourth-order valence-electron chi connectivity index (χ4n) is 2.53. The van der Waals surface area contributed by atoms with Crippen molar-refractivity contribution in [1.29, 1.82) is 0 Å². The van der Waals surface area contributed by atoms with Crippen LogP contribution in [0.15, 0.2) is 65.4 Å². The average molecular weight is 289 g/mol. The zero-order valence-corrected chi connectivity index (χ0v) is 11.5. The van der Waals surface area contributed by atoms with Crippen LogP contribution in [-0.4, -0.2) is 11.1 Å². The molecule has 0 saturated carbocycles. The van der Waals surface area contributed by atoms with Gasteiger partial charge in [0, 0.05) is 4.91 Å². The molecule has 0 aliphatic carbocycles. The van der Waals surface area contributed by atoms with Crippen LogP contribution in [0.5, 0.6) is 0 Å². The Morgan fingerprint density at radius 2 is 1.68 bits per heavy atom. The molecule has 0 saturated heterocycles. The van der Waals surface area contributed by atoms with E-state index < -0.39 is 5.97 Å². The van der Waals surface area contributed by atoms with Crippen molar-refractivity contribution in [1.82, 2.24) is 0 Å². The summed E-state index contributed by atoms with van der Waals surface area (Å²) < 4.78 is 0. The predicted octanol–water partition coefficient (Wildman–Crippen LogP) is 4.73. The first-order valence-corrected chi connectivity index (χ1v) is 6.61. The Bertz CT molecular complexity index is 966. The molecule has 5 heteroatoms. The second-order valence-corrected chi connectivity index (χ2v) is 4.76. The molecule has 0 aliphatic rings. The number of aliphatic carboxylic acids is 1. The fraction of sp³-hybridized carbons (Fsp3) is 0. The maximum absolute atomic E-state index is 11.2. The molecular formula is C17H11N3O2. The molecule has 0 amide bonds. The van der Waals surface area contributed by atoms with Gasteiger partial charge in [-0.1, -0.05) is 53.6 Å². The van der Waals surface area contributed by atoms with Crippen molar-refractivity contribution >= 4 is 33.6 Å². The fourth-order valence-corrected chi connectivity index (χ4v) is 2.53. The van der Waals surface area contributed by atoms with Gasteiger partial charge >= 0.3 is 5.97 Å². The third-order valence-corrected chi connectivity index (χ3v) is 3.46. The molecular weight excluding hydrogens is 278 g/mol. The molecule has 0 atom stereocenters. The molecule has 3 aromatic rings. The van der Waals surface area contributed by atoms with E-state index in [0.29, 0.717) is 5.56 Å². The van der Waals surface area contributed by atoms with Gasteiger partial charge in [0.25, 0.3) is 0 Å². The second kappa shape index (κ2) is 5.60. The molecule has 3 rings (SSSR count). The Morgan fingerprint density at radius 1 is 1.05 bits per heavy atom. The van der Waals surface area contributed by atoms with Crippen molar-refractivity contribution in [3.63, 3.8) is 0 Å². The lowest BCUT2D eigenvalue weighted by atomic mass is 9.97. The van der Waals surface area contributed by atoms with Crippen LogP contribution < -0.4 is 0 Å². The molecule has 0 spiro atoms. The van der Waals surface area contributed by atoms with Gasteiger partial charge in [0.15, 0.2) is 0 Å². The van der Waals surface area contributed by atoms with E-state index in [1.165, 1.54) is 6.08 Å². The first kappa shape index (κ1) is 13.7. The number of rotatable bonds is 3. The number of benzene rings is 3. The van der Waals surface area contributed by atoms with Gasteiger partial charge in [-0.3, -0.25) is 0 Å². The van der Waals surface area contributed by atoms with Crippen molar-refractivity contribution in [2.45, 2.75) is 0 Å². The Hall–Kier alpha value is -3.30. The summed E-state index contributed by atoms with van der Waals surface area (Å²) in [7, 11) is 0. The van der Waals surface area contributed by atoms with E-state index in [4.69, 9.17) is 10.6 Å². The van der Waals surface area contributed by atoms with Crippen molar-refractivity contribution < 1.29 is 9.90 Å². The zero-order chi connectivity index (χ0) is 15.5. The van der Waals surface area contributed by atoms with Crippen LogP contribution in [-0.2, 0) is 4.79 Å². The predicted molar refractivity (Wildman–Crippen MR) is 86.2 cm³/mol. The van der Waals surface area contributed by atoms with Gasteiger partial charge < -0.3 is 5.11 Å². The molecule has 0 aromatic heterocycles. The Morgan fingerprint density at radius 3 is 2.36 bits per heavy atom. The van der Waals surface area contributed by atoms with Crippen LogP contribution in [0.3, 0.4) is 0 Å². The summed E-state index contributed by atoms with van der Waals surface area (Å²) in [6.07, 6.45) is 1.40. The first-order valence-electron chi connectivity index (χ1n) is 6.61. The average Bonchev–Trinajstić information content (AvgIpc) is 2.54. The number of carbonyl (C=O) groups is 1. The summed E-state index contributed by atoms with van der Waals surface area (Å²) in [4.78, 5) is 13.7. The van der Waals surface area contributed by atoms with Gasteiger partial charge in [-0.05, 0) is 44.8 Å². The molecule has 0 bridgehead atoms. The number of carboxylic acids is 1. The molecule has 1 N–H and O–H groups in total. The van der Waals surface area contributed by atoms with E-state index in [0.717, 1.165) is 21.5 Å². The van der Waals surface area contributed by atoms with Crippen molar-refractivity contribution in [2.24, 2.45) is 5.11 Å². The maximum atomic E-state index is 11.2. The van der Waals surface area contributed by atoms with Gasteiger partial charge in [0.2, 0.25) is 0 Å². The highest BCUT2D eigenvalue weighted by Crippen LogP contribution is 2.30. The number of nitrogens with zero attached hydrogens (tertiary/aromatic N) is 3. The lowest BCUT2D eigenvalue weighted by molar-refractivity contribution is -0.132. The topological polar surface area (TPSA) is 86.1 Å². The minimum atomic E-state index is -1.25. The second-order valence-electron chi connectivity index (χ2n) is 4.76. The Labute approximate surface area is 125 Å². The molecule has 0 heterocycles. The van der Waals surface area contributed by atoms with Crippen LogP contribution in [0.2, 0.25) is 0 Å². The largest absolute Gasteiger partial charge is 0.478 e. The molecule has 5 nitrogen and oxygen atoms in total. The summed E-state index contributed by atoms with van der Waals surface area (Å²) in [5.41, 5.74) is 8.88. The lowest BCUT2D eigenvalue weighted by Crippen LogP contribution is -1.96. The number of azide groups is 1. The summed E-state index contributed by atoms with van der Waals surface area (Å²) in [5, 5.41) is 16.4. The zero-order valence-electron chi connectivity index (χ0n) is 11.5. The van der Waals surface area contributed by atoms with Crippen LogP contribution in [0.1, 0.15) is 5.56 Å².